The Morgan fingerprint density at radius 3 is 2.63 bits per heavy atom. The van der Waals surface area contributed by atoms with Crippen LogP contribution in [0.1, 0.15) is 29.9 Å². The third kappa shape index (κ3) is 4.34. The normalized spacial score (nSPS) is 11.0. The molecule has 7 heteroatoms. The van der Waals surface area contributed by atoms with Crippen molar-refractivity contribution < 1.29 is 9.18 Å². The summed E-state index contributed by atoms with van der Waals surface area (Å²) in [5.41, 5.74) is 2.05. The lowest BCUT2D eigenvalue weighted by Gasteiger charge is -2.26. The first-order chi connectivity index (χ1) is 12.8. The van der Waals surface area contributed by atoms with Gasteiger partial charge in [0.15, 0.2) is 0 Å². The summed E-state index contributed by atoms with van der Waals surface area (Å²) in [5, 5.41) is 0.488. The van der Waals surface area contributed by atoms with Crippen LogP contribution in [0.3, 0.4) is 0 Å². The lowest BCUT2D eigenvalue weighted by atomic mass is 10.1. The highest BCUT2D eigenvalue weighted by Crippen LogP contribution is 2.24. The van der Waals surface area contributed by atoms with E-state index in [4.69, 9.17) is 11.6 Å². The fourth-order valence-electron chi connectivity index (χ4n) is 2.76. The molecule has 0 fully saturated rings. The SMILES string of the molecule is CC(C)N(Cc1ccc(F)c(-c2ccc(Cl)cn2)c1)C(=O)c1cn(C)cn1. The molecule has 1 aromatic carbocycles. The first-order valence-corrected chi connectivity index (χ1v) is 8.92. The predicted molar refractivity (Wildman–Crippen MR) is 103 cm³/mol. The zero-order valence-corrected chi connectivity index (χ0v) is 16.1. The number of benzene rings is 1. The third-order valence-corrected chi connectivity index (χ3v) is 4.42. The summed E-state index contributed by atoms with van der Waals surface area (Å²) in [7, 11) is 1.81. The highest BCUT2D eigenvalue weighted by molar-refractivity contribution is 6.30. The zero-order chi connectivity index (χ0) is 19.6. The van der Waals surface area contributed by atoms with Crippen molar-refractivity contribution in [1.29, 1.82) is 0 Å². The molecule has 3 rings (SSSR count). The van der Waals surface area contributed by atoms with Gasteiger partial charge in [0.25, 0.3) is 5.91 Å². The number of nitrogens with zero attached hydrogens (tertiary/aromatic N) is 4. The number of imidazole rings is 1. The Morgan fingerprint density at radius 1 is 1.26 bits per heavy atom. The molecule has 0 radical (unpaired) electrons. The minimum absolute atomic E-state index is 0.0401. The van der Waals surface area contributed by atoms with E-state index in [9.17, 15) is 9.18 Å². The van der Waals surface area contributed by atoms with Gasteiger partial charge >= 0.3 is 0 Å². The summed E-state index contributed by atoms with van der Waals surface area (Å²) in [6.45, 7) is 4.21. The van der Waals surface area contributed by atoms with Crippen LogP contribution in [0.4, 0.5) is 4.39 Å². The van der Waals surface area contributed by atoms with Gasteiger partial charge in [-0.3, -0.25) is 9.78 Å². The Labute approximate surface area is 162 Å². The van der Waals surface area contributed by atoms with E-state index >= 15 is 0 Å². The Balaban J connectivity index is 1.89. The molecule has 0 spiro atoms. The van der Waals surface area contributed by atoms with Gasteiger partial charge in [0.2, 0.25) is 0 Å². The second kappa shape index (κ2) is 7.88. The predicted octanol–water partition coefficient (Wildman–Crippen LogP) is 4.33. The number of pyridine rings is 1. The lowest BCUT2D eigenvalue weighted by Crippen LogP contribution is -2.36. The van der Waals surface area contributed by atoms with E-state index in [1.807, 2.05) is 20.9 Å². The highest BCUT2D eigenvalue weighted by atomic mass is 35.5. The van der Waals surface area contributed by atoms with Crippen molar-refractivity contribution in [3.8, 4) is 11.3 Å². The quantitative estimate of drug-likeness (QED) is 0.656. The summed E-state index contributed by atoms with van der Waals surface area (Å²) in [6, 6.07) is 8.08. The van der Waals surface area contributed by atoms with Crippen LogP contribution in [-0.4, -0.2) is 31.4 Å². The topological polar surface area (TPSA) is 51.0 Å². The van der Waals surface area contributed by atoms with Crippen molar-refractivity contribution in [1.82, 2.24) is 19.4 Å². The number of hydrogen-bond donors (Lipinski definition) is 0. The fourth-order valence-corrected chi connectivity index (χ4v) is 2.87. The first kappa shape index (κ1) is 19.0. The maximum absolute atomic E-state index is 14.3. The summed E-state index contributed by atoms with van der Waals surface area (Å²) < 4.78 is 16.0. The number of aromatic nitrogens is 3. The Bertz CT molecular complexity index is 953. The first-order valence-electron chi connectivity index (χ1n) is 8.54. The molecule has 0 aliphatic heterocycles. The maximum Gasteiger partial charge on any atom is 0.274 e. The van der Waals surface area contributed by atoms with Crippen LogP contribution < -0.4 is 0 Å². The van der Waals surface area contributed by atoms with Gasteiger partial charge in [0.1, 0.15) is 11.5 Å². The molecule has 1 amide bonds. The second-order valence-corrected chi connectivity index (χ2v) is 7.06. The average Bonchev–Trinajstić information content (AvgIpc) is 3.07. The minimum atomic E-state index is -0.374. The number of rotatable bonds is 5. The molecule has 2 aromatic heterocycles. The summed E-state index contributed by atoms with van der Waals surface area (Å²) >= 11 is 5.86. The van der Waals surface area contributed by atoms with Crippen LogP contribution in [0.15, 0.2) is 49.1 Å². The summed E-state index contributed by atoms with van der Waals surface area (Å²) in [5.74, 6) is -0.540. The van der Waals surface area contributed by atoms with Crippen LogP contribution >= 0.6 is 11.6 Å². The average molecular weight is 387 g/mol. The van der Waals surface area contributed by atoms with E-state index in [2.05, 4.69) is 9.97 Å². The third-order valence-electron chi connectivity index (χ3n) is 4.20. The van der Waals surface area contributed by atoms with Gasteiger partial charge in [-0.2, -0.15) is 0 Å². The summed E-state index contributed by atoms with van der Waals surface area (Å²) in [6.07, 6.45) is 4.76. The van der Waals surface area contributed by atoms with Crippen molar-refractivity contribution in [2.24, 2.45) is 7.05 Å². The van der Waals surface area contributed by atoms with Gasteiger partial charge in [-0.05, 0) is 43.7 Å². The number of halogens is 2. The van der Waals surface area contributed by atoms with Gasteiger partial charge in [-0.1, -0.05) is 17.7 Å². The van der Waals surface area contributed by atoms with Crippen molar-refractivity contribution in [2.75, 3.05) is 0 Å². The number of amides is 1. The Morgan fingerprint density at radius 2 is 2.04 bits per heavy atom. The van der Waals surface area contributed by atoms with Crippen LogP contribution in [-0.2, 0) is 13.6 Å². The molecule has 0 aliphatic carbocycles. The van der Waals surface area contributed by atoms with E-state index in [1.165, 1.54) is 12.3 Å². The lowest BCUT2D eigenvalue weighted by molar-refractivity contribution is 0.0684. The van der Waals surface area contributed by atoms with Gasteiger partial charge < -0.3 is 9.47 Å². The highest BCUT2D eigenvalue weighted by Gasteiger charge is 2.21. The van der Waals surface area contributed by atoms with Crippen LogP contribution in [0.25, 0.3) is 11.3 Å². The molecule has 5 nitrogen and oxygen atoms in total. The molecule has 2 heterocycles. The molecule has 0 N–H and O–H groups in total. The van der Waals surface area contributed by atoms with E-state index in [0.29, 0.717) is 28.5 Å². The van der Waals surface area contributed by atoms with E-state index in [-0.39, 0.29) is 17.8 Å². The summed E-state index contributed by atoms with van der Waals surface area (Å²) in [4.78, 5) is 22.8. The van der Waals surface area contributed by atoms with Crippen LogP contribution in [0.5, 0.6) is 0 Å². The van der Waals surface area contributed by atoms with Gasteiger partial charge in [0.05, 0.1) is 17.0 Å². The standard InChI is InChI=1S/C20H20ClFN4O/c1-13(2)26(20(27)19-11-25(3)12-24-19)10-14-4-6-17(22)16(8-14)18-7-5-15(21)9-23-18/h4-9,11-13H,10H2,1-3H3. The minimum Gasteiger partial charge on any atom is -0.340 e. The smallest absolute Gasteiger partial charge is 0.274 e. The van der Waals surface area contributed by atoms with Crippen LogP contribution in [0.2, 0.25) is 5.02 Å². The molecule has 0 aliphatic rings. The molecule has 0 saturated heterocycles. The number of carbonyl (C=O) groups is 1. The fraction of sp³-hybridized carbons (Fsp3) is 0.250. The molecule has 0 bridgehead atoms. The monoisotopic (exact) mass is 386 g/mol. The van der Waals surface area contributed by atoms with Crippen molar-refractivity contribution in [3.63, 3.8) is 0 Å². The van der Waals surface area contributed by atoms with E-state index < -0.39 is 0 Å². The molecule has 3 aromatic rings. The maximum atomic E-state index is 14.3. The molecule has 0 unspecified atom stereocenters. The van der Waals surface area contributed by atoms with Gasteiger partial charge in [-0.15, -0.1) is 0 Å². The second-order valence-electron chi connectivity index (χ2n) is 6.63. The Hall–Kier alpha value is -2.73. The van der Waals surface area contributed by atoms with E-state index in [1.54, 1.807) is 46.3 Å². The van der Waals surface area contributed by atoms with Crippen molar-refractivity contribution in [2.45, 2.75) is 26.4 Å². The number of hydrogen-bond acceptors (Lipinski definition) is 3. The molecular weight excluding hydrogens is 367 g/mol. The number of carbonyl (C=O) groups excluding carboxylic acids is 1. The molecule has 140 valence electrons. The molecule has 0 saturated carbocycles. The molecule has 0 atom stereocenters. The molecule has 27 heavy (non-hydrogen) atoms. The van der Waals surface area contributed by atoms with Gasteiger partial charge in [-0.25, -0.2) is 9.37 Å². The molecular formula is C20H20ClFN4O. The zero-order valence-electron chi connectivity index (χ0n) is 15.4. The van der Waals surface area contributed by atoms with Crippen molar-refractivity contribution >= 4 is 17.5 Å². The van der Waals surface area contributed by atoms with Gasteiger partial charge in [0, 0.05) is 37.6 Å². The number of aryl methyl sites for hydroxylation is 1. The van der Waals surface area contributed by atoms with E-state index in [0.717, 1.165) is 5.56 Å². The van der Waals surface area contributed by atoms with Crippen LogP contribution in [0, 0.1) is 5.82 Å². The van der Waals surface area contributed by atoms with Crippen molar-refractivity contribution in [3.05, 3.63) is 71.2 Å². The Kier molecular flexibility index (Phi) is 5.56. The largest absolute Gasteiger partial charge is 0.340 e.